The Labute approximate surface area is 132 Å². The number of likely N-dealkylation sites (N-methyl/N-ethyl adjacent to an activating group) is 1. The van der Waals surface area contributed by atoms with E-state index in [4.69, 9.17) is 5.73 Å². The molecule has 20 heavy (non-hydrogen) atoms. The van der Waals surface area contributed by atoms with Crippen LogP contribution in [-0.4, -0.2) is 24.0 Å². The minimum atomic E-state index is 0.128. The Balaban J connectivity index is 3.17. The van der Waals surface area contributed by atoms with Crippen molar-refractivity contribution in [1.29, 1.82) is 0 Å². The van der Waals surface area contributed by atoms with Crippen molar-refractivity contribution in [2.45, 2.75) is 59.2 Å². The van der Waals surface area contributed by atoms with Gasteiger partial charge < -0.3 is 5.73 Å². The zero-order chi connectivity index (χ0) is 15.5. The number of benzene rings is 1. The molecule has 0 aromatic heterocycles. The first-order valence-electron chi connectivity index (χ1n) is 7.42. The normalized spacial score (nSPS) is 17.1. The molecule has 0 spiro atoms. The Morgan fingerprint density at radius 1 is 1.25 bits per heavy atom. The average Bonchev–Trinajstić information content (AvgIpc) is 2.38. The molecule has 0 saturated heterocycles. The third kappa shape index (κ3) is 4.06. The second-order valence-electron chi connectivity index (χ2n) is 6.75. The van der Waals surface area contributed by atoms with Crippen LogP contribution < -0.4 is 5.73 Å². The van der Waals surface area contributed by atoms with Crippen molar-refractivity contribution in [3.8, 4) is 0 Å². The molecule has 1 aromatic carbocycles. The van der Waals surface area contributed by atoms with Crippen molar-refractivity contribution in [3.63, 3.8) is 0 Å². The van der Waals surface area contributed by atoms with Gasteiger partial charge in [0, 0.05) is 16.6 Å². The van der Waals surface area contributed by atoms with Crippen molar-refractivity contribution in [2.75, 3.05) is 7.05 Å². The molecule has 0 fully saturated rings. The van der Waals surface area contributed by atoms with E-state index in [1.807, 2.05) is 0 Å². The summed E-state index contributed by atoms with van der Waals surface area (Å²) in [6, 6.07) is 9.21. The van der Waals surface area contributed by atoms with Gasteiger partial charge in [-0.1, -0.05) is 61.8 Å². The molecule has 114 valence electrons. The summed E-state index contributed by atoms with van der Waals surface area (Å²) in [5.74, 6) is 0. The summed E-state index contributed by atoms with van der Waals surface area (Å²) in [6.07, 6.45) is 0.965. The van der Waals surface area contributed by atoms with Gasteiger partial charge in [-0.15, -0.1) is 0 Å². The van der Waals surface area contributed by atoms with Gasteiger partial charge in [-0.2, -0.15) is 0 Å². The van der Waals surface area contributed by atoms with Crippen molar-refractivity contribution in [3.05, 3.63) is 34.3 Å². The maximum Gasteiger partial charge on any atom is 0.0510 e. The van der Waals surface area contributed by atoms with Gasteiger partial charge in [-0.25, -0.2) is 0 Å². The zero-order valence-electron chi connectivity index (χ0n) is 13.7. The monoisotopic (exact) mass is 340 g/mol. The third-order valence-electron chi connectivity index (χ3n) is 4.40. The Morgan fingerprint density at radius 3 is 2.25 bits per heavy atom. The molecular weight excluding hydrogens is 312 g/mol. The van der Waals surface area contributed by atoms with Crippen LogP contribution in [0.25, 0.3) is 0 Å². The summed E-state index contributed by atoms with van der Waals surface area (Å²) in [6.45, 7) is 11.3. The first-order chi connectivity index (χ1) is 9.20. The van der Waals surface area contributed by atoms with E-state index in [1.165, 1.54) is 5.56 Å². The fourth-order valence-electron chi connectivity index (χ4n) is 2.54. The molecule has 2 N–H and O–H groups in total. The third-order valence-corrected chi connectivity index (χ3v) is 5.13. The highest BCUT2D eigenvalue weighted by Crippen LogP contribution is 2.35. The Kier molecular flexibility index (Phi) is 6.24. The molecule has 0 saturated carbocycles. The highest BCUT2D eigenvalue weighted by molar-refractivity contribution is 9.10. The van der Waals surface area contributed by atoms with E-state index < -0.39 is 0 Å². The molecule has 3 atom stereocenters. The molecule has 1 aromatic rings. The van der Waals surface area contributed by atoms with Gasteiger partial charge in [0.25, 0.3) is 0 Å². The second-order valence-corrected chi connectivity index (χ2v) is 7.60. The van der Waals surface area contributed by atoms with Gasteiger partial charge in [0.1, 0.15) is 0 Å². The molecule has 1 rings (SSSR count). The van der Waals surface area contributed by atoms with Gasteiger partial charge >= 0.3 is 0 Å². The van der Waals surface area contributed by atoms with Crippen molar-refractivity contribution < 1.29 is 0 Å². The maximum atomic E-state index is 6.44. The smallest absolute Gasteiger partial charge is 0.0510 e. The van der Waals surface area contributed by atoms with Crippen molar-refractivity contribution in [1.82, 2.24) is 4.90 Å². The van der Waals surface area contributed by atoms with E-state index in [0.29, 0.717) is 6.04 Å². The molecule has 0 radical (unpaired) electrons. The fourth-order valence-corrected chi connectivity index (χ4v) is 3.06. The lowest BCUT2D eigenvalue weighted by atomic mass is 9.84. The molecule has 2 nitrogen and oxygen atoms in total. The van der Waals surface area contributed by atoms with Crippen LogP contribution in [0.2, 0.25) is 0 Å². The van der Waals surface area contributed by atoms with Gasteiger partial charge in [-0.3, -0.25) is 4.90 Å². The van der Waals surface area contributed by atoms with Gasteiger partial charge in [-0.05, 0) is 37.4 Å². The molecule has 0 amide bonds. The van der Waals surface area contributed by atoms with E-state index in [9.17, 15) is 0 Å². The number of rotatable bonds is 5. The summed E-state index contributed by atoms with van der Waals surface area (Å²) in [5.41, 5.74) is 7.94. The fraction of sp³-hybridized carbons (Fsp3) is 0.647. The van der Waals surface area contributed by atoms with Crippen LogP contribution in [0, 0.1) is 5.41 Å². The molecule has 0 heterocycles. The van der Waals surface area contributed by atoms with Crippen LogP contribution >= 0.6 is 15.9 Å². The highest BCUT2D eigenvalue weighted by Gasteiger charge is 2.32. The standard InChI is InChI=1S/C17H29BrN2/c1-7-15(19)16(13-10-8-9-11-14(13)18)20(6)12(2)17(3,4)5/h8-12,15-16H,7,19H2,1-6H3. The summed E-state index contributed by atoms with van der Waals surface area (Å²) in [7, 11) is 2.19. The first kappa shape index (κ1) is 17.7. The predicted octanol–water partition coefficient (Wildman–Crippen LogP) is 4.59. The SMILES string of the molecule is CCC(N)C(c1ccccc1Br)N(C)C(C)C(C)(C)C. The van der Waals surface area contributed by atoms with Crippen LogP contribution in [-0.2, 0) is 0 Å². The molecule has 0 aliphatic rings. The molecule has 0 aliphatic heterocycles. The van der Waals surface area contributed by atoms with Gasteiger partial charge in [0.2, 0.25) is 0 Å². The number of nitrogens with zero attached hydrogens (tertiary/aromatic N) is 1. The highest BCUT2D eigenvalue weighted by atomic mass is 79.9. The van der Waals surface area contributed by atoms with E-state index in [2.05, 4.69) is 86.8 Å². The van der Waals surface area contributed by atoms with Crippen LogP contribution in [0.15, 0.2) is 28.7 Å². The summed E-state index contributed by atoms with van der Waals surface area (Å²) in [5, 5.41) is 0. The summed E-state index contributed by atoms with van der Waals surface area (Å²) in [4.78, 5) is 2.42. The summed E-state index contributed by atoms with van der Waals surface area (Å²) >= 11 is 3.68. The second kappa shape index (κ2) is 7.06. The average molecular weight is 341 g/mol. The van der Waals surface area contributed by atoms with E-state index in [-0.39, 0.29) is 17.5 Å². The van der Waals surface area contributed by atoms with Crippen LogP contribution in [0.3, 0.4) is 0 Å². The van der Waals surface area contributed by atoms with Gasteiger partial charge in [0.05, 0.1) is 6.04 Å². The van der Waals surface area contributed by atoms with Crippen LogP contribution in [0.4, 0.5) is 0 Å². The Hall–Kier alpha value is -0.380. The lowest BCUT2D eigenvalue weighted by Crippen LogP contribution is -2.47. The van der Waals surface area contributed by atoms with Crippen molar-refractivity contribution in [2.24, 2.45) is 11.1 Å². The predicted molar refractivity (Wildman–Crippen MR) is 91.8 cm³/mol. The molecule has 0 aliphatic carbocycles. The molecule has 3 heteroatoms. The van der Waals surface area contributed by atoms with Crippen LogP contribution in [0.5, 0.6) is 0 Å². The van der Waals surface area contributed by atoms with Gasteiger partial charge in [0.15, 0.2) is 0 Å². The van der Waals surface area contributed by atoms with E-state index in [1.54, 1.807) is 0 Å². The number of hydrogen-bond donors (Lipinski definition) is 1. The lowest BCUT2D eigenvalue weighted by Gasteiger charge is -2.42. The number of nitrogens with two attached hydrogens (primary N) is 1. The van der Waals surface area contributed by atoms with E-state index >= 15 is 0 Å². The largest absolute Gasteiger partial charge is 0.326 e. The zero-order valence-corrected chi connectivity index (χ0v) is 15.2. The number of hydrogen-bond acceptors (Lipinski definition) is 2. The molecule has 3 unspecified atom stereocenters. The van der Waals surface area contributed by atoms with Crippen LogP contribution in [0.1, 0.15) is 52.6 Å². The minimum Gasteiger partial charge on any atom is -0.326 e. The topological polar surface area (TPSA) is 29.3 Å². The Morgan fingerprint density at radius 2 is 1.80 bits per heavy atom. The Bertz CT molecular complexity index is 425. The maximum absolute atomic E-state index is 6.44. The van der Waals surface area contributed by atoms with Crippen molar-refractivity contribution >= 4 is 15.9 Å². The first-order valence-corrected chi connectivity index (χ1v) is 8.21. The molecule has 0 bridgehead atoms. The van der Waals surface area contributed by atoms with E-state index in [0.717, 1.165) is 10.9 Å². The molecular formula is C17H29BrN2. The minimum absolute atomic E-state index is 0.128. The quantitative estimate of drug-likeness (QED) is 0.848. The lowest BCUT2D eigenvalue weighted by molar-refractivity contribution is 0.0828. The summed E-state index contributed by atoms with van der Waals surface area (Å²) < 4.78 is 1.14. The number of halogens is 1.